The first kappa shape index (κ1) is 35.0. The molecule has 4 aromatic carbocycles. The Kier molecular flexibility index (Phi) is 11.5. The molecule has 0 aromatic heterocycles. The minimum atomic E-state index is -4.43. The fourth-order valence-electron chi connectivity index (χ4n) is 4.56. The Labute approximate surface area is 279 Å². The lowest BCUT2D eigenvalue weighted by Crippen LogP contribution is -2.29. The van der Waals surface area contributed by atoms with Crippen molar-refractivity contribution in [3.8, 4) is 16.9 Å². The zero-order valence-electron chi connectivity index (χ0n) is 25.7. The summed E-state index contributed by atoms with van der Waals surface area (Å²) in [6.07, 6.45) is 0.336. The molecule has 0 aliphatic rings. The Morgan fingerprint density at radius 3 is 2.13 bits per heavy atom. The van der Waals surface area contributed by atoms with Gasteiger partial charge in [0.15, 0.2) is 0 Å². The lowest BCUT2D eigenvalue weighted by molar-refractivity contribution is -0.117. The van der Waals surface area contributed by atoms with Gasteiger partial charge in [-0.25, -0.2) is 8.42 Å². The summed E-state index contributed by atoms with van der Waals surface area (Å²) in [5, 5.41) is 6.52. The molecule has 0 radical (unpaired) electrons. The fourth-order valence-corrected chi connectivity index (χ4v) is 5.43. The molecule has 8 nitrogen and oxygen atoms in total. The molecule has 0 heterocycles. The van der Waals surface area contributed by atoms with E-state index < -0.39 is 27.7 Å². The molecular weight excluding hydrogens is 647 g/mol. The Balaban J connectivity index is 1.52. The summed E-state index contributed by atoms with van der Waals surface area (Å²) in [4.78, 5) is 26.2. The number of hydrogen-bond donors (Lipinski definition) is 2. The minimum absolute atomic E-state index is 0.00760. The first-order valence-corrected chi connectivity index (χ1v) is 16.9. The molecule has 2 amide bonds. The summed E-state index contributed by atoms with van der Waals surface area (Å²) in [6.45, 7) is 6.52. The van der Waals surface area contributed by atoms with Crippen molar-refractivity contribution in [1.82, 2.24) is 5.32 Å². The van der Waals surface area contributed by atoms with Gasteiger partial charge in [-0.3, -0.25) is 9.59 Å². The molecule has 0 saturated heterocycles. The molecule has 46 heavy (non-hydrogen) atoms. The number of anilines is 1. The van der Waals surface area contributed by atoms with Crippen molar-refractivity contribution >= 4 is 50.8 Å². The molecule has 0 fully saturated rings. The molecule has 242 valence electrons. The molecule has 1 atom stereocenters. The highest BCUT2D eigenvalue weighted by Gasteiger charge is 2.22. The Morgan fingerprint density at radius 1 is 0.891 bits per heavy atom. The largest absolute Gasteiger partial charge is 0.748 e. The van der Waals surface area contributed by atoms with E-state index in [9.17, 15) is 22.6 Å². The molecule has 4 aromatic rings. The second kappa shape index (κ2) is 15.1. The Hall–Kier alpha value is -3.89. The molecule has 4 rings (SSSR count). The maximum absolute atomic E-state index is 13.8. The van der Waals surface area contributed by atoms with Crippen molar-refractivity contribution < 1.29 is 27.3 Å². The summed E-state index contributed by atoms with van der Waals surface area (Å²) in [7, 11) is -4.43. The Bertz CT molecular complexity index is 1770. The number of nitrogens with one attached hydrogen (secondary N) is 2. The van der Waals surface area contributed by atoms with E-state index in [0.717, 1.165) is 22.3 Å². The topological polar surface area (TPSA) is 125 Å². The van der Waals surface area contributed by atoms with Crippen LogP contribution in [0.2, 0.25) is 10.0 Å². The normalized spacial score (nSPS) is 12.3. The van der Waals surface area contributed by atoms with Crippen LogP contribution in [0.3, 0.4) is 0 Å². The van der Waals surface area contributed by atoms with E-state index >= 15 is 0 Å². The average Bonchev–Trinajstić information content (AvgIpc) is 2.99. The van der Waals surface area contributed by atoms with Gasteiger partial charge in [-0.15, -0.1) is 0 Å². The number of carbonyl (C=O) groups excluding carboxylic acids is 2. The van der Waals surface area contributed by atoms with E-state index in [1.807, 2.05) is 54.6 Å². The smallest absolute Gasteiger partial charge is 0.251 e. The van der Waals surface area contributed by atoms with Gasteiger partial charge in [-0.1, -0.05) is 86.4 Å². The monoisotopic (exact) mass is 681 g/mol. The van der Waals surface area contributed by atoms with Crippen LogP contribution in [0.1, 0.15) is 48.2 Å². The highest BCUT2D eigenvalue weighted by molar-refractivity contribution is 7.85. The van der Waals surface area contributed by atoms with E-state index in [0.29, 0.717) is 40.1 Å². The van der Waals surface area contributed by atoms with E-state index in [1.54, 1.807) is 36.4 Å². The third-order valence-electron chi connectivity index (χ3n) is 6.96. The molecule has 0 aliphatic heterocycles. The summed E-state index contributed by atoms with van der Waals surface area (Å²) in [5.41, 5.74) is 4.19. The molecular formula is C35H35Cl2N2O6S-. The number of carbonyl (C=O) groups is 2. The van der Waals surface area contributed by atoms with Crippen molar-refractivity contribution in [2.24, 2.45) is 5.41 Å². The molecule has 11 heteroatoms. The third kappa shape index (κ3) is 10.6. The van der Waals surface area contributed by atoms with Gasteiger partial charge in [0, 0.05) is 33.4 Å². The fraction of sp³-hybridized carbons (Fsp3) is 0.257. The zero-order valence-corrected chi connectivity index (χ0v) is 28.0. The quantitative estimate of drug-likeness (QED) is 0.151. The molecule has 0 bridgehead atoms. The summed E-state index contributed by atoms with van der Waals surface area (Å²) in [6, 6.07) is 26.8. The van der Waals surface area contributed by atoms with Gasteiger partial charge in [0.1, 0.15) is 5.75 Å². The minimum Gasteiger partial charge on any atom is -0.748 e. The number of hydrogen-bond acceptors (Lipinski definition) is 6. The maximum Gasteiger partial charge on any atom is 0.251 e. The second-order valence-electron chi connectivity index (χ2n) is 12.1. The first-order chi connectivity index (χ1) is 21.7. The van der Waals surface area contributed by atoms with Crippen LogP contribution in [0, 0.1) is 5.41 Å². The van der Waals surface area contributed by atoms with E-state index in [2.05, 4.69) is 31.4 Å². The van der Waals surface area contributed by atoms with E-state index in [4.69, 9.17) is 27.9 Å². The van der Waals surface area contributed by atoms with Crippen LogP contribution in [0.25, 0.3) is 11.1 Å². The lowest BCUT2D eigenvalue weighted by Gasteiger charge is -2.20. The van der Waals surface area contributed by atoms with Gasteiger partial charge in [-0.05, 0) is 77.1 Å². The molecule has 1 unspecified atom stereocenters. The highest BCUT2D eigenvalue weighted by Crippen LogP contribution is 2.32. The number of rotatable bonds is 12. The summed E-state index contributed by atoms with van der Waals surface area (Å²) < 4.78 is 38.4. The number of benzene rings is 4. The van der Waals surface area contributed by atoms with E-state index in [1.165, 1.54) is 0 Å². The summed E-state index contributed by atoms with van der Waals surface area (Å²) >= 11 is 12.4. The van der Waals surface area contributed by atoms with Gasteiger partial charge in [0.2, 0.25) is 5.91 Å². The zero-order chi connectivity index (χ0) is 33.5. The van der Waals surface area contributed by atoms with Crippen LogP contribution in [0.4, 0.5) is 5.69 Å². The second-order valence-corrected chi connectivity index (χ2v) is 14.4. The molecule has 2 N–H and O–H groups in total. The van der Waals surface area contributed by atoms with Crippen LogP contribution in [-0.2, 0) is 21.3 Å². The molecule has 0 aliphatic carbocycles. The predicted octanol–water partition coefficient (Wildman–Crippen LogP) is 7.33. The molecule has 0 spiro atoms. The van der Waals surface area contributed by atoms with Crippen molar-refractivity contribution in [3.63, 3.8) is 0 Å². The van der Waals surface area contributed by atoms with Gasteiger partial charge in [0.05, 0.1) is 28.4 Å². The number of amides is 2. The van der Waals surface area contributed by atoms with Crippen molar-refractivity contribution in [2.45, 2.75) is 33.1 Å². The third-order valence-corrected chi connectivity index (χ3v) is 8.21. The first-order valence-electron chi connectivity index (χ1n) is 14.6. The van der Waals surface area contributed by atoms with Gasteiger partial charge < -0.3 is 19.9 Å². The van der Waals surface area contributed by atoms with Crippen molar-refractivity contribution in [2.75, 3.05) is 24.2 Å². The predicted molar refractivity (Wildman–Crippen MR) is 182 cm³/mol. The van der Waals surface area contributed by atoms with Crippen LogP contribution in [0.5, 0.6) is 5.75 Å². The van der Waals surface area contributed by atoms with Crippen molar-refractivity contribution in [3.05, 3.63) is 118 Å². The molecule has 0 saturated carbocycles. The average molecular weight is 683 g/mol. The maximum atomic E-state index is 13.8. The van der Waals surface area contributed by atoms with Gasteiger partial charge >= 0.3 is 0 Å². The van der Waals surface area contributed by atoms with Gasteiger partial charge in [-0.2, -0.15) is 0 Å². The van der Waals surface area contributed by atoms with Crippen LogP contribution < -0.4 is 15.4 Å². The van der Waals surface area contributed by atoms with Gasteiger partial charge in [0.25, 0.3) is 5.91 Å². The number of ether oxygens (including phenoxy) is 1. The highest BCUT2D eigenvalue weighted by atomic mass is 35.5. The number of halogens is 2. The lowest BCUT2D eigenvalue weighted by atomic mass is 9.90. The van der Waals surface area contributed by atoms with Crippen molar-refractivity contribution in [1.29, 1.82) is 0 Å². The van der Waals surface area contributed by atoms with E-state index in [-0.39, 0.29) is 17.9 Å². The standard InChI is InChI=1S/C35H36Cl2N2O6S/c1-35(2,3)22-45-29-15-10-25(11-16-29)31(20-23-4-6-26(7-5-23)33(40)38-18-19-46(42,43)44)34(41)39-28-13-8-24(9-14-28)30-17-12-27(36)21-32(30)37/h4-17,21,31H,18-20,22H2,1-3H3,(H,38,40)(H,39,41)(H,42,43,44)/p-1. The van der Waals surface area contributed by atoms with Crippen LogP contribution >= 0.6 is 23.2 Å². The van der Waals surface area contributed by atoms with Crippen LogP contribution in [-0.4, -0.2) is 43.7 Å². The van der Waals surface area contributed by atoms with Crippen LogP contribution in [0.15, 0.2) is 91.0 Å². The summed E-state index contributed by atoms with van der Waals surface area (Å²) in [5.74, 6) is -1.29. The Morgan fingerprint density at radius 2 is 1.54 bits per heavy atom. The SMILES string of the molecule is CC(C)(C)COc1ccc(C(Cc2ccc(C(=O)NCCS(=O)(=O)[O-])cc2)C(=O)Nc2ccc(-c3ccc(Cl)cc3Cl)cc2)cc1.